The van der Waals surface area contributed by atoms with Gasteiger partial charge in [-0.2, -0.15) is 0 Å². The fourth-order valence-corrected chi connectivity index (χ4v) is 2.16. The molecular formula is C18H29N3O6. The Bertz CT molecular complexity index is 596. The number of methoxy groups -OCH3 is 1. The molecule has 0 spiro atoms. The third-order valence-electron chi connectivity index (χ3n) is 3.10. The van der Waals surface area contributed by atoms with E-state index in [0.717, 1.165) is 0 Å². The topological polar surface area (TPSA) is 115 Å². The number of alkyl carbamates (subject to hydrolysis) is 2. The summed E-state index contributed by atoms with van der Waals surface area (Å²) >= 11 is 0. The first-order chi connectivity index (χ1) is 12.3. The number of rotatable bonds is 2. The van der Waals surface area contributed by atoms with Crippen molar-refractivity contribution in [1.29, 1.82) is 0 Å². The molecule has 2 amide bonds. The van der Waals surface area contributed by atoms with Gasteiger partial charge >= 0.3 is 18.2 Å². The number of hydrogen-bond acceptors (Lipinski definition) is 7. The van der Waals surface area contributed by atoms with Gasteiger partial charge in [0.25, 0.3) is 0 Å². The van der Waals surface area contributed by atoms with E-state index in [-0.39, 0.29) is 11.9 Å². The second-order valence-electron chi connectivity index (χ2n) is 8.05. The van der Waals surface area contributed by atoms with Crippen molar-refractivity contribution in [3.05, 3.63) is 12.2 Å². The largest absolute Gasteiger partial charge is 0.469 e. The van der Waals surface area contributed by atoms with Crippen LogP contribution in [-0.2, 0) is 19.0 Å². The lowest BCUT2D eigenvalue weighted by molar-refractivity contribution is -0.143. The number of amides is 2. The summed E-state index contributed by atoms with van der Waals surface area (Å²) in [6, 6.07) is -0.422. The molecule has 0 aromatic rings. The van der Waals surface area contributed by atoms with E-state index in [1.807, 2.05) is 0 Å². The van der Waals surface area contributed by atoms with E-state index in [1.54, 1.807) is 53.7 Å². The van der Waals surface area contributed by atoms with Crippen molar-refractivity contribution in [2.45, 2.75) is 65.2 Å². The van der Waals surface area contributed by atoms with E-state index in [1.165, 1.54) is 7.11 Å². The molecule has 2 unspecified atom stereocenters. The van der Waals surface area contributed by atoms with Gasteiger partial charge in [-0.25, -0.2) is 14.6 Å². The molecule has 0 aromatic carbocycles. The summed E-state index contributed by atoms with van der Waals surface area (Å²) in [7, 11) is 1.31. The maximum absolute atomic E-state index is 12.0. The van der Waals surface area contributed by atoms with Gasteiger partial charge in [-0.3, -0.25) is 15.4 Å². The third-order valence-corrected chi connectivity index (χ3v) is 3.10. The van der Waals surface area contributed by atoms with E-state index in [4.69, 9.17) is 14.2 Å². The van der Waals surface area contributed by atoms with Crippen molar-refractivity contribution >= 4 is 24.1 Å². The molecule has 0 aliphatic heterocycles. The van der Waals surface area contributed by atoms with Crippen LogP contribution in [0, 0.1) is 5.92 Å². The third kappa shape index (κ3) is 9.07. The summed E-state index contributed by atoms with van der Waals surface area (Å²) in [6.07, 6.45) is 2.20. The highest BCUT2D eigenvalue weighted by molar-refractivity contribution is 6.01. The zero-order valence-electron chi connectivity index (χ0n) is 16.9. The van der Waals surface area contributed by atoms with E-state index in [0.29, 0.717) is 6.42 Å². The molecule has 1 aliphatic rings. The zero-order valence-corrected chi connectivity index (χ0v) is 16.9. The Balaban J connectivity index is 2.87. The van der Waals surface area contributed by atoms with Gasteiger partial charge in [0.05, 0.1) is 19.1 Å². The second kappa shape index (κ2) is 8.88. The number of hydrogen-bond donors (Lipinski definition) is 2. The Kier molecular flexibility index (Phi) is 7.38. The standard InChI is InChI=1S/C18H29N3O6/c1-17(2,3)26-15(23)20-14(21-16(24)27-18(4,5)6)19-12-9-8-11(10-12)13(22)25-7/h8-9,11-12H,10H2,1-7H3,(H2,19,20,21,23,24). The molecule has 1 rings (SSSR count). The van der Waals surface area contributed by atoms with Gasteiger partial charge in [-0.1, -0.05) is 12.2 Å². The Morgan fingerprint density at radius 1 is 0.926 bits per heavy atom. The minimum Gasteiger partial charge on any atom is -0.469 e. The van der Waals surface area contributed by atoms with E-state index in [2.05, 4.69) is 15.6 Å². The fourth-order valence-electron chi connectivity index (χ4n) is 2.16. The van der Waals surface area contributed by atoms with Crippen molar-refractivity contribution in [2.24, 2.45) is 10.9 Å². The highest BCUT2D eigenvalue weighted by Crippen LogP contribution is 2.21. The molecule has 0 bridgehead atoms. The normalized spacial score (nSPS) is 19.1. The Hall–Kier alpha value is -2.58. The van der Waals surface area contributed by atoms with Gasteiger partial charge in [0.1, 0.15) is 11.2 Å². The van der Waals surface area contributed by atoms with Crippen LogP contribution in [-0.4, -0.2) is 48.5 Å². The smallest absolute Gasteiger partial charge is 0.414 e. The van der Waals surface area contributed by atoms with Gasteiger partial charge in [0, 0.05) is 0 Å². The molecule has 0 radical (unpaired) electrons. The number of guanidine groups is 1. The summed E-state index contributed by atoms with van der Waals surface area (Å²) in [4.78, 5) is 40.0. The number of nitrogens with one attached hydrogen (secondary N) is 2. The van der Waals surface area contributed by atoms with Crippen LogP contribution in [0.15, 0.2) is 17.1 Å². The lowest BCUT2D eigenvalue weighted by Gasteiger charge is -2.22. The Labute approximate surface area is 159 Å². The molecule has 27 heavy (non-hydrogen) atoms. The number of ether oxygens (including phenoxy) is 3. The molecule has 0 aromatic heterocycles. The number of carbonyl (C=O) groups is 3. The average Bonchev–Trinajstić information content (AvgIpc) is 2.90. The van der Waals surface area contributed by atoms with Crippen LogP contribution in [0.4, 0.5) is 9.59 Å². The monoisotopic (exact) mass is 383 g/mol. The summed E-state index contributed by atoms with van der Waals surface area (Å²) in [6.45, 7) is 10.3. The van der Waals surface area contributed by atoms with Crippen LogP contribution in [0.5, 0.6) is 0 Å². The van der Waals surface area contributed by atoms with Gasteiger partial charge in [0.15, 0.2) is 0 Å². The van der Waals surface area contributed by atoms with Crippen LogP contribution in [0.3, 0.4) is 0 Å². The summed E-state index contributed by atoms with van der Waals surface area (Å²) < 4.78 is 15.1. The lowest BCUT2D eigenvalue weighted by Crippen LogP contribution is -2.47. The molecule has 9 heteroatoms. The number of aliphatic imine (C=N–C) groups is 1. The zero-order chi connectivity index (χ0) is 20.8. The molecule has 0 saturated carbocycles. The van der Waals surface area contributed by atoms with Crippen LogP contribution in [0.25, 0.3) is 0 Å². The molecule has 152 valence electrons. The van der Waals surface area contributed by atoms with Crippen LogP contribution in [0.1, 0.15) is 48.0 Å². The number of carbonyl (C=O) groups excluding carboxylic acids is 3. The highest BCUT2D eigenvalue weighted by Gasteiger charge is 2.27. The first kappa shape index (κ1) is 22.5. The summed E-state index contributed by atoms with van der Waals surface area (Å²) in [5, 5.41) is 4.80. The van der Waals surface area contributed by atoms with Crippen LogP contribution < -0.4 is 10.6 Å². The van der Waals surface area contributed by atoms with Crippen LogP contribution >= 0.6 is 0 Å². The van der Waals surface area contributed by atoms with E-state index in [9.17, 15) is 14.4 Å². The summed E-state index contributed by atoms with van der Waals surface area (Å²) in [5.41, 5.74) is -1.44. The van der Waals surface area contributed by atoms with E-state index < -0.39 is 35.3 Å². The maximum atomic E-state index is 12.0. The van der Waals surface area contributed by atoms with Gasteiger partial charge in [-0.15, -0.1) is 0 Å². The minimum atomic E-state index is -0.774. The lowest BCUT2D eigenvalue weighted by atomic mass is 10.1. The highest BCUT2D eigenvalue weighted by atomic mass is 16.6. The Morgan fingerprint density at radius 2 is 1.41 bits per heavy atom. The van der Waals surface area contributed by atoms with Gasteiger partial charge in [0.2, 0.25) is 5.96 Å². The minimum absolute atomic E-state index is 0.126. The van der Waals surface area contributed by atoms with Gasteiger partial charge < -0.3 is 14.2 Å². The van der Waals surface area contributed by atoms with Gasteiger partial charge in [-0.05, 0) is 48.0 Å². The first-order valence-corrected chi connectivity index (χ1v) is 8.63. The molecular weight excluding hydrogens is 354 g/mol. The molecule has 0 saturated heterocycles. The molecule has 2 atom stereocenters. The van der Waals surface area contributed by atoms with Crippen molar-refractivity contribution in [1.82, 2.24) is 10.6 Å². The maximum Gasteiger partial charge on any atom is 0.414 e. The SMILES string of the molecule is COC(=O)C1C=CC(N=C(NC(=O)OC(C)(C)C)NC(=O)OC(C)(C)C)C1. The molecule has 1 aliphatic carbocycles. The molecule has 0 heterocycles. The molecule has 0 fully saturated rings. The average molecular weight is 383 g/mol. The molecule has 2 N–H and O–H groups in total. The quantitative estimate of drug-likeness (QED) is 0.249. The first-order valence-electron chi connectivity index (χ1n) is 8.63. The second-order valence-corrected chi connectivity index (χ2v) is 8.05. The fraction of sp³-hybridized carbons (Fsp3) is 0.667. The predicted molar refractivity (Wildman–Crippen MR) is 99.2 cm³/mol. The van der Waals surface area contributed by atoms with Crippen molar-refractivity contribution in [3.8, 4) is 0 Å². The predicted octanol–water partition coefficient (Wildman–Crippen LogP) is 2.51. The number of esters is 1. The summed E-state index contributed by atoms with van der Waals surface area (Å²) in [5.74, 6) is -0.919. The number of nitrogens with zero attached hydrogens (tertiary/aromatic N) is 1. The molecule has 9 nitrogen and oxygen atoms in total. The van der Waals surface area contributed by atoms with Crippen molar-refractivity contribution in [3.63, 3.8) is 0 Å². The van der Waals surface area contributed by atoms with Crippen LogP contribution in [0.2, 0.25) is 0 Å². The Morgan fingerprint density at radius 3 is 1.81 bits per heavy atom. The van der Waals surface area contributed by atoms with Crippen molar-refractivity contribution in [2.75, 3.05) is 7.11 Å². The van der Waals surface area contributed by atoms with E-state index >= 15 is 0 Å². The van der Waals surface area contributed by atoms with Crippen molar-refractivity contribution < 1.29 is 28.6 Å².